The van der Waals surface area contributed by atoms with Crippen molar-refractivity contribution in [2.75, 3.05) is 39.8 Å². The Morgan fingerprint density at radius 1 is 1.53 bits per heavy atom. The molecule has 2 aliphatic heterocycles. The molecule has 2 fully saturated rings. The van der Waals surface area contributed by atoms with E-state index in [0.29, 0.717) is 5.92 Å². The zero-order valence-corrected chi connectivity index (χ0v) is 10.3. The number of hydrogen-bond donors (Lipinski definition) is 2. The summed E-state index contributed by atoms with van der Waals surface area (Å²) in [4.78, 5) is 10.3. The second-order valence-corrected chi connectivity index (χ2v) is 5.04. The van der Waals surface area contributed by atoms with E-state index in [0.717, 1.165) is 32.1 Å². The van der Waals surface area contributed by atoms with Crippen molar-refractivity contribution in [3.63, 3.8) is 0 Å². The van der Waals surface area contributed by atoms with Crippen molar-refractivity contribution in [3.05, 3.63) is 17.7 Å². The molecule has 0 aromatic carbocycles. The van der Waals surface area contributed by atoms with Gasteiger partial charge in [-0.1, -0.05) is 0 Å². The fourth-order valence-corrected chi connectivity index (χ4v) is 2.65. The first-order chi connectivity index (χ1) is 8.33. The van der Waals surface area contributed by atoms with Crippen LogP contribution in [0.4, 0.5) is 0 Å². The summed E-state index contributed by atoms with van der Waals surface area (Å²) in [5, 5.41) is 3.33. The Kier molecular flexibility index (Phi) is 3.13. The van der Waals surface area contributed by atoms with E-state index < -0.39 is 0 Å². The molecule has 94 valence electrons. The molecule has 17 heavy (non-hydrogen) atoms. The minimum atomic E-state index is 0.0941. The van der Waals surface area contributed by atoms with E-state index in [4.69, 9.17) is 4.74 Å². The van der Waals surface area contributed by atoms with Gasteiger partial charge in [0.2, 0.25) is 0 Å². The first-order valence-corrected chi connectivity index (χ1v) is 6.38. The first-order valence-electron chi connectivity index (χ1n) is 6.38. The van der Waals surface area contributed by atoms with Crippen LogP contribution in [0.3, 0.4) is 0 Å². The molecular formula is C12H20N4O. The quantitative estimate of drug-likeness (QED) is 0.784. The van der Waals surface area contributed by atoms with Crippen LogP contribution in [-0.2, 0) is 4.74 Å². The summed E-state index contributed by atoms with van der Waals surface area (Å²) in [5.41, 5.74) is 1.26. The minimum Gasteiger partial charge on any atom is -0.368 e. The van der Waals surface area contributed by atoms with Gasteiger partial charge in [0.1, 0.15) is 11.9 Å². The largest absolute Gasteiger partial charge is 0.368 e. The van der Waals surface area contributed by atoms with Gasteiger partial charge in [-0.25, -0.2) is 4.98 Å². The molecule has 1 aromatic rings. The van der Waals surface area contributed by atoms with Crippen molar-refractivity contribution in [3.8, 4) is 0 Å². The molecule has 2 N–H and O–H groups in total. The number of hydrogen-bond acceptors (Lipinski definition) is 4. The van der Waals surface area contributed by atoms with E-state index >= 15 is 0 Å². The van der Waals surface area contributed by atoms with Crippen LogP contribution in [0.15, 0.2) is 6.20 Å². The average molecular weight is 236 g/mol. The molecule has 2 saturated heterocycles. The third-order valence-electron chi connectivity index (χ3n) is 3.68. The summed E-state index contributed by atoms with van der Waals surface area (Å²) in [7, 11) is 2.17. The summed E-state index contributed by atoms with van der Waals surface area (Å²) in [5.74, 6) is 1.58. The summed E-state index contributed by atoms with van der Waals surface area (Å²) < 4.78 is 5.69. The molecule has 0 radical (unpaired) electrons. The van der Waals surface area contributed by atoms with Crippen LogP contribution >= 0.6 is 0 Å². The van der Waals surface area contributed by atoms with E-state index in [9.17, 15) is 0 Å². The molecule has 0 saturated carbocycles. The molecule has 5 heteroatoms. The number of nitrogens with zero attached hydrogens (tertiary/aromatic N) is 2. The van der Waals surface area contributed by atoms with Gasteiger partial charge in [-0.3, -0.25) is 0 Å². The van der Waals surface area contributed by atoms with Gasteiger partial charge in [-0.05, 0) is 20.0 Å². The predicted molar refractivity (Wildman–Crippen MR) is 65.0 cm³/mol. The highest BCUT2D eigenvalue weighted by atomic mass is 16.5. The lowest BCUT2D eigenvalue weighted by Gasteiger charge is -2.21. The van der Waals surface area contributed by atoms with Crippen LogP contribution in [0.5, 0.6) is 0 Å². The molecule has 0 spiro atoms. The predicted octanol–water partition coefficient (Wildman–Crippen LogP) is 0.490. The third-order valence-corrected chi connectivity index (χ3v) is 3.68. The molecule has 0 bridgehead atoms. The zero-order valence-electron chi connectivity index (χ0n) is 10.3. The van der Waals surface area contributed by atoms with Gasteiger partial charge in [0.15, 0.2) is 0 Å². The number of imidazole rings is 1. The van der Waals surface area contributed by atoms with Crippen LogP contribution in [0.25, 0.3) is 0 Å². The lowest BCUT2D eigenvalue weighted by molar-refractivity contribution is 0.0226. The third kappa shape index (κ3) is 2.36. The number of likely N-dealkylation sites (N-methyl/N-ethyl adjacent to an activating group) is 1. The molecule has 3 heterocycles. The van der Waals surface area contributed by atoms with Crippen LogP contribution in [0.1, 0.15) is 30.0 Å². The fourth-order valence-electron chi connectivity index (χ4n) is 2.65. The number of likely N-dealkylation sites (tertiary alicyclic amines) is 1. The highest BCUT2D eigenvalue weighted by Gasteiger charge is 2.25. The molecule has 1 aromatic heterocycles. The topological polar surface area (TPSA) is 53.2 Å². The second kappa shape index (κ2) is 4.76. The Balaban J connectivity index is 1.69. The minimum absolute atomic E-state index is 0.0941. The van der Waals surface area contributed by atoms with Crippen LogP contribution in [0.2, 0.25) is 0 Å². The maximum Gasteiger partial charge on any atom is 0.136 e. The van der Waals surface area contributed by atoms with Crippen molar-refractivity contribution < 1.29 is 4.74 Å². The summed E-state index contributed by atoms with van der Waals surface area (Å²) in [6.07, 6.45) is 3.30. The number of aromatic nitrogens is 2. The van der Waals surface area contributed by atoms with Gasteiger partial charge < -0.3 is 19.9 Å². The van der Waals surface area contributed by atoms with Crippen LogP contribution < -0.4 is 5.32 Å². The summed E-state index contributed by atoms with van der Waals surface area (Å²) >= 11 is 0. The van der Waals surface area contributed by atoms with E-state index in [1.54, 1.807) is 0 Å². The molecule has 5 nitrogen and oxygen atoms in total. The van der Waals surface area contributed by atoms with Gasteiger partial charge in [-0.2, -0.15) is 0 Å². The lowest BCUT2D eigenvalue weighted by atomic mass is 10.1. The number of ether oxygens (including phenoxy) is 1. The van der Waals surface area contributed by atoms with Crippen LogP contribution in [0, 0.1) is 0 Å². The Morgan fingerprint density at radius 2 is 2.47 bits per heavy atom. The number of morpholine rings is 1. The van der Waals surface area contributed by atoms with E-state index in [-0.39, 0.29) is 6.10 Å². The summed E-state index contributed by atoms with van der Waals surface area (Å²) in [6.45, 7) is 4.88. The molecule has 3 rings (SSSR count). The monoisotopic (exact) mass is 236 g/mol. The van der Waals surface area contributed by atoms with Gasteiger partial charge in [-0.15, -0.1) is 0 Å². The Labute approximate surface area is 102 Å². The maximum absolute atomic E-state index is 5.69. The molecule has 2 unspecified atom stereocenters. The average Bonchev–Trinajstić information content (AvgIpc) is 2.98. The highest BCUT2D eigenvalue weighted by molar-refractivity contribution is 5.12. The summed E-state index contributed by atoms with van der Waals surface area (Å²) in [6, 6.07) is 0. The Hall–Kier alpha value is -0.910. The molecule has 2 atom stereocenters. The standard InChI is InChI=1S/C12H20N4O/c1-16-4-2-9(8-16)10-6-14-12(15-10)11-7-13-3-5-17-11/h6,9,11,13H,2-5,7-8H2,1H3,(H,14,15). The smallest absolute Gasteiger partial charge is 0.136 e. The first kappa shape index (κ1) is 11.2. The van der Waals surface area contributed by atoms with Crippen LogP contribution in [-0.4, -0.2) is 54.7 Å². The molecular weight excluding hydrogens is 216 g/mol. The number of rotatable bonds is 2. The molecule has 0 amide bonds. The SMILES string of the molecule is CN1CCC(c2cnc(C3CNCCO3)[nH]2)C1. The van der Waals surface area contributed by atoms with Gasteiger partial charge >= 0.3 is 0 Å². The van der Waals surface area contributed by atoms with Crippen molar-refractivity contribution in [2.24, 2.45) is 0 Å². The lowest BCUT2D eigenvalue weighted by Crippen LogP contribution is -2.33. The van der Waals surface area contributed by atoms with Gasteiger partial charge in [0, 0.05) is 37.4 Å². The molecule has 2 aliphatic rings. The second-order valence-electron chi connectivity index (χ2n) is 5.04. The number of nitrogens with one attached hydrogen (secondary N) is 2. The van der Waals surface area contributed by atoms with Gasteiger partial charge in [0.05, 0.1) is 6.61 Å². The molecule has 0 aliphatic carbocycles. The Bertz CT molecular complexity index is 353. The van der Waals surface area contributed by atoms with E-state index in [1.807, 2.05) is 6.20 Å². The van der Waals surface area contributed by atoms with Gasteiger partial charge in [0.25, 0.3) is 0 Å². The van der Waals surface area contributed by atoms with Crippen molar-refractivity contribution in [1.29, 1.82) is 0 Å². The van der Waals surface area contributed by atoms with E-state index in [1.165, 1.54) is 18.7 Å². The number of aromatic amines is 1. The fraction of sp³-hybridized carbons (Fsp3) is 0.750. The van der Waals surface area contributed by atoms with Crippen molar-refractivity contribution >= 4 is 0 Å². The zero-order chi connectivity index (χ0) is 11.7. The van der Waals surface area contributed by atoms with Crippen molar-refractivity contribution in [2.45, 2.75) is 18.4 Å². The highest BCUT2D eigenvalue weighted by Crippen LogP contribution is 2.26. The Morgan fingerprint density at radius 3 is 3.18 bits per heavy atom. The normalized spacial score (nSPS) is 30.9. The van der Waals surface area contributed by atoms with Crippen molar-refractivity contribution in [1.82, 2.24) is 20.2 Å². The maximum atomic E-state index is 5.69. The number of H-pyrrole nitrogens is 1. The van der Waals surface area contributed by atoms with E-state index in [2.05, 4.69) is 27.2 Å².